The van der Waals surface area contributed by atoms with Gasteiger partial charge in [-0.2, -0.15) is 5.26 Å². The molecule has 0 spiro atoms. The number of aryl methyl sites for hydroxylation is 1. The average molecular weight is 335 g/mol. The van der Waals surface area contributed by atoms with Crippen LogP contribution in [0.15, 0.2) is 22.7 Å². The van der Waals surface area contributed by atoms with Gasteiger partial charge in [-0.25, -0.2) is 0 Å². The number of hydrogen-bond donors (Lipinski definition) is 1. The van der Waals surface area contributed by atoms with Crippen molar-refractivity contribution in [1.82, 2.24) is 5.32 Å². The van der Waals surface area contributed by atoms with E-state index in [0.29, 0.717) is 11.5 Å². The molecule has 0 heterocycles. The third kappa shape index (κ3) is 3.40. The Morgan fingerprint density at radius 1 is 1.40 bits per heavy atom. The van der Waals surface area contributed by atoms with E-state index in [-0.39, 0.29) is 5.91 Å². The lowest BCUT2D eigenvalue weighted by atomic mass is 9.78. The van der Waals surface area contributed by atoms with E-state index in [9.17, 15) is 10.1 Å². The Balaban J connectivity index is 2.16. The van der Waals surface area contributed by atoms with Gasteiger partial charge in [0, 0.05) is 10.0 Å². The molecule has 0 radical (unpaired) electrons. The van der Waals surface area contributed by atoms with E-state index in [0.717, 1.165) is 35.7 Å². The zero-order valence-corrected chi connectivity index (χ0v) is 13.5. The quantitative estimate of drug-likeness (QED) is 0.889. The molecule has 1 aliphatic carbocycles. The van der Waals surface area contributed by atoms with E-state index in [4.69, 9.17) is 0 Å². The zero-order chi connectivity index (χ0) is 14.8. The first-order chi connectivity index (χ1) is 9.44. The third-order valence-electron chi connectivity index (χ3n) is 4.00. The minimum Gasteiger partial charge on any atom is -0.334 e. The summed E-state index contributed by atoms with van der Waals surface area (Å²) >= 11 is 3.40. The lowest BCUT2D eigenvalue weighted by Gasteiger charge is -2.34. The molecular formula is C16H19BrN2O. The molecule has 1 aliphatic rings. The van der Waals surface area contributed by atoms with E-state index in [2.05, 4.69) is 34.2 Å². The van der Waals surface area contributed by atoms with E-state index in [1.807, 2.05) is 19.1 Å². The van der Waals surface area contributed by atoms with Crippen LogP contribution in [0.5, 0.6) is 0 Å². The third-order valence-corrected chi connectivity index (χ3v) is 4.46. The molecule has 1 aromatic carbocycles. The first-order valence-electron chi connectivity index (χ1n) is 6.95. The van der Waals surface area contributed by atoms with Crippen LogP contribution in [0.25, 0.3) is 0 Å². The molecule has 1 N–H and O–H groups in total. The Hall–Kier alpha value is -1.34. The molecule has 1 fully saturated rings. The topological polar surface area (TPSA) is 52.9 Å². The van der Waals surface area contributed by atoms with Crippen molar-refractivity contribution in [2.24, 2.45) is 5.92 Å². The molecule has 0 aromatic heterocycles. The predicted octanol–water partition coefficient (Wildman–Crippen LogP) is 3.96. The molecule has 0 saturated heterocycles. The van der Waals surface area contributed by atoms with Gasteiger partial charge in [0.15, 0.2) is 0 Å². The molecule has 0 bridgehead atoms. The number of carbonyl (C=O) groups excluding carboxylic acids is 1. The fraction of sp³-hybridized carbons (Fsp3) is 0.500. The Morgan fingerprint density at radius 2 is 2.05 bits per heavy atom. The van der Waals surface area contributed by atoms with Crippen molar-refractivity contribution in [3.05, 3.63) is 33.8 Å². The average Bonchev–Trinajstić information content (AvgIpc) is 2.40. The normalized spacial score (nSPS) is 25.8. The second-order valence-electron chi connectivity index (χ2n) is 5.85. The van der Waals surface area contributed by atoms with Crippen molar-refractivity contribution in [3.63, 3.8) is 0 Å². The van der Waals surface area contributed by atoms with Gasteiger partial charge in [0.2, 0.25) is 0 Å². The maximum atomic E-state index is 12.4. The zero-order valence-electron chi connectivity index (χ0n) is 11.9. The number of nitrogens with zero attached hydrogens (tertiary/aromatic N) is 1. The highest BCUT2D eigenvalue weighted by atomic mass is 79.9. The van der Waals surface area contributed by atoms with Gasteiger partial charge in [-0.05, 0) is 62.3 Å². The summed E-state index contributed by atoms with van der Waals surface area (Å²) in [6.45, 7) is 4.14. The number of benzene rings is 1. The van der Waals surface area contributed by atoms with Crippen molar-refractivity contribution in [3.8, 4) is 6.07 Å². The molecule has 106 valence electrons. The molecule has 4 heteroatoms. The monoisotopic (exact) mass is 334 g/mol. The van der Waals surface area contributed by atoms with Crippen LogP contribution < -0.4 is 5.32 Å². The van der Waals surface area contributed by atoms with Gasteiger partial charge in [0.05, 0.1) is 6.07 Å². The highest BCUT2D eigenvalue weighted by molar-refractivity contribution is 9.10. The maximum Gasteiger partial charge on any atom is 0.252 e. The number of nitrogens with one attached hydrogen (secondary N) is 1. The Labute approximate surface area is 128 Å². The second-order valence-corrected chi connectivity index (χ2v) is 6.76. The maximum absolute atomic E-state index is 12.4. The van der Waals surface area contributed by atoms with Gasteiger partial charge in [0.1, 0.15) is 5.54 Å². The Morgan fingerprint density at radius 3 is 2.60 bits per heavy atom. The van der Waals surface area contributed by atoms with E-state index in [1.165, 1.54) is 0 Å². The summed E-state index contributed by atoms with van der Waals surface area (Å²) in [4.78, 5) is 12.4. The summed E-state index contributed by atoms with van der Waals surface area (Å²) in [5, 5.41) is 12.4. The number of hydrogen-bond acceptors (Lipinski definition) is 2. The number of nitriles is 1. The van der Waals surface area contributed by atoms with Crippen molar-refractivity contribution in [2.75, 3.05) is 0 Å². The van der Waals surface area contributed by atoms with Crippen LogP contribution in [-0.2, 0) is 0 Å². The second kappa shape index (κ2) is 5.97. The van der Waals surface area contributed by atoms with E-state index < -0.39 is 5.54 Å². The van der Waals surface area contributed by atoms with Crippen molar-refractivity contribution in [1.29, 1.82) is 5.26 Å². The van der Waals surface area contributed by atoms with Crippen LogP contribution in [0.3, 0.4) is 0 Å². The summed E-state index contributed by atoms with van der Waals surface area (Å²) in [6.07, 6.45) is 3.46. The SMILES string of the molecule is Cc1cc(Br)cc(C(=O)NC2(C#N)CCC(C)CC2)c1. The Kier molecular flexibility index (Phi) is 4.49. The molecule has 0 aliphatic heterocycles. The summed E-state index contributed by atoms with van der Waals surface area (Å²) in [5.74, 6) is 0.479. The lowest BCUT2D eigenvalue weighted by molar-refractivity contribution is 0.0893. The number of halogens is 1. The number of carbonyl (C=O) groups is 1. The molecule has 2 rings (SSSR count). The Bertz CT molecular complexity index is 534. The minimum absolute atomic E-state index is 0.162. The minimum atomic E-state index is -0.695. The summed E-state index contributed by atoms with van der Waals surface area (Å²) < 4.78 is 0.880. The van der Waals surface area contributed by atoms with E-state index >= 15 is 0 Å². The highest BCUT2D eigenvalue weighted by Gasteiger charge is 2.35. The summed E-state index contributed by atoms with van der Waals surface area (Å²) in [7, 11) is 0. The van der Waals surface area contributed by atoms with Crippen LogP contribution in [0.4, 0.5) is 0 Å². The van der Waals surface area contributed by atoms with E-state index in [1.54, 1.807) is 6.07 Å². The van der Waals surface area contributed by atoms with Gasteiger partial charge >= 0.3 is 0 Å². The molecule has 0 atom stereocenters. The number of rotatable bonds is 2. The fourth-order valence-electron chi connectivity index (χ4n) is 2.68. The smallest absolute Gasteiger partial charge is 0.252 e. The molecule has 3 nitrogen and oxygen atoms in total. The van der Waals surface area contributed by atoms with Crippen LogP contribution in [-0.4, -0.2) is 11.4 Å². The molecular weight excluding hydrogens is 316 g/mol. The molecule has 1 saturated carbocycles. The standard InChI is InChI=1S/C16H19BrN2O/c1-11-3-5-16(10-18,6-4-11)19-15(20)13-7-12(2)8-14(17)9-13/h7-9,11H,3-6H2,1-2H3,(H,19,20). The van der Waals surface area contributed by atoms with Gasteiger partial charge in [-0.15, -0.1) is 0 Å². The number of amides is 1. The summed E-state index contributed by atoms with van der Waals surface area (Å²) in [6, 6.07) is 7.92. The summed E-state index contributed by atoms with van der Waals surface area (Å²) in [5.41, 5.74) is 0.928. The fourth-order valence-corrected chi connectivity index (χ4v) is 3.28. The predicted molar refractivity (Wildman–Crippen MR) is 82.3 cm³/mol. The van der Waals surface area contributed by atoms with Gasteiger partial charge < -0.3 is 5.32 Å². The first-order valence-corrected chi connectivity index (χ1v) is 7.74. The molecule has 20 heavy (non-hydrogen) atoms. The van der Waals surface area contributed by atoms with Crippen LogP contribution in [0, 0.1) is 24.2 Å². The van der Waals surface area contributed by atoms with Crippen molar-refractivity contribution >= 4 is 21.8 Å². The van der Waals surface area contributed by atoms with Crippen LogP contribution in [0.1, 0.15) is 48.5 Å². The van der Waals surface area contributed by atoms with Gasteiger partial charge in [0.25, 0.3) is 5.91 Å². The first kappa shape index (κ1) is 15.1. The van der Waals surface area contributed by atoms with Crippen molar-refractivity contribution in [2.45, 2.75) is 45.1 Å². The van der Waals surface area contributed by atoms with Crippen LogP contribution >= 0.6 is 15.9 Å². The van der Waals surface area contributed by atoms with Crippen LogP contribution in [0.2, 0.25) is 0 Å². The molecule has 1 aromatic rings. The lowest BCUT2D eigenvalue weighted by Crippen LogP contribution is -2.49. The van der Waals surface area contributed by atoms with Gasteiger partial charge in [-0.1, -0.05) is 22.9 Å². The highest BCUT2D eigenvalue weighted by Crippen LogP contribution is 2.31. The molecule has 1 amide bonds. The molecule has 0 unspecified atom stereocenters. The van der Waals surface area contributed by atoms with Gasteiger partial charge in [-0.3, -0.25) is 4.79 Å². The largest absolute Gasteiger partial charge is 0.334 e. The van der Waals surface area contributed by atoms with Crippen molar-refractivity contribution < 1.29 is 4.79 Å².